The van der Waals surface area contributed by atoms with E-state index in [2.05, 4.69) is 62.4 Å². The van der Waals surface area contributed by atoms with Gasteiger partial charge in [0, 0.05) is 63.4 Å². The number of hydrogen-bond donors (Lipinski definition) is 2. The molecule has 0 radical (unpaired) electrons. The van der Waals surface area contributed by atoms with Gasteiger partial charge in [0.15, 0.2) is 0 Å². The third-order valence-electron chi connectivity index (χ3n) is 13.4. The van der Waals surface area contributed by atoms with Crippen molar-refractivity contribution in [3.8, 4) is 39.1 Å². The molecule has 67 heavy (non-hydrogen) atoms. The Kier molecular flexibility index (Phi) is 19.1. The lowest BCUT2D eigenvalue weighted by atomic mass is 9.69. The molecule has 362 valence electrons. The van der Waals surface area contributed by atoms with Gasteiger partial charge in [0.1, 0.15) is 23.9 Å². The van der Waals surface area contributed by atoms with Gasteiger partial charge in [-0.25, -0.2) is 8.78 Å². The summed E-state index contributed by atoms with van der Waals surface area (Å²) >= 11 is 0. The molecule has 0 saturated carbocycles. The van der Waals surface area contributed by atoms with Gasteiger partial charge in [0.2, 0.25) is 5.91 Å². The first-order valence-electron chi connectivity index (χ1n) is 24.0. The number of nitrogens with one attached hydrogen (secondary N) is 2. The molecule has 4 aromatic carbocycles. The first-order valence-corrected chi connectivity index (χ1v) is 24.0. The maximum absolute atomic E-state index is 16.5. The normalized spacial score (nSPS) is 15.4. The van der Waals surface area contributed by atoms with Crippen molar-refractivity contribution in [3.63, 3.8) is 0 Å². The van der Waals surface area contributed by atoms with Crippen molar-refractivity contribution >= 4 is 18.5 Å². The lowest BCUT2D eigenvalue weighted by Gasteiger charge is -2.33. The minimum atomic E-state index is -0.554. The molecular weight excluding hydrogens is 855 g/mol. The monoisotopic (exact) mass is 926 g/mol. The van der Waals surface area contributed by atoms with E-state index in [0.717, 1.165) is 85.5 Å². The molecule has 1 fully saturated rings. The van der Waals surface area contributed by atoms with Crippen LogP contribution in [0.15, 0.2) is 72.8 Å². The van der Waals surface area contributed by atoms with Gasteiger partial charge in [-0.15, -0.1) is 0 Å². The number of fused-ring (bicyclic) bond motifs is 3. The molecule has 6 rings (SSSR count). The van der Waals surface area contributed by atoms with Gasteiger partial charge in [-0.05, 0) is 148 Å². The quantitative estimate of drug-likeness (QED) is 0.0315. The largest absolute Gasteiger partial charge is 0.509 e. The number of benzene rings is 4. The molecule has 11 nitrogen and oxygen atoms in total. The summed E-state index contributed by atoms with van der Waals surface area (Å²) in [4.78, 5) is 12.0. The second-order valence-corrected chi connectivity index (χ2v) is 18.6. The first-order chi connectivity index (χ1) is 32.3. The van der Waals surface area contributed by atoms with E-state index >= 15 is 8.78 Å². The number of carbonyl (C=O) groups is 1. The molecule has 14 heteroatoms. The highest BCUT2D eigenvalue weighted by molar-refractivity contribution is 6.62. The topological polar surface area (TPSA) is 130 Å². The molecule has 0 bridgehead atoms. The SMILES string of the molecule is COCCOCCCC1(CCCOCCOC)c2cc(B3OC(C)(C)C(C)(C)O3)ccc2-c2ccc(-c3cc(F)c(-c4ccc(OCCCCNC(=O)CCCCC[NH+]=[N-])cc4)cc3F)cc21. The molecule has 4 aromatic rings. The van der Waals surface area contributed by atoms with Crippen LogP contribution in [0.1, 0.15) is 103 Å². The fourth-order valence-electron chi connectivity index (χ4n) is 9.03. The predicted molar refractivity (Wildman–Crippen MR) is 258 cm³/mol. The van der Waals surface area contributed by atoms with Crippen LogP contribution in [0.2, 0.25) is 0 Å². The minimum absolute atomic E-state index is 0.0253. The summed E-state index contributed by atoms with van der Waals surface area (Å²) < 4.78 is 74.1. The van der Waals surface area contributed by atoms with Crippen LogP contribution in [0.5, 0.6) is 5.75 Å². The van der Waals surface area contributed by atoms with E-state index in [0.29, 0.717) is 82.6 Å². The summed E-state index contributed by atoms with van der Waals surface area (Å²) in [6.45, 7) is 12.9. The smallest absolute Gasteiger partial charge is 0.494 e. The number of methoxy groups -OCH3 is 2. The Labute approximate surface area is 396 Å². The summed E-state index contributed by atoms with van der Waals surface area (Å²) in [5.74, 6) is -0.406. The minimum Gasteiger partial charge on any atom is -0.509 e. The average molecular weight is 926 g/mol. The van der Waals surface area contributed by atoms with Crippen molar-refractivity contribution in [1.82, 2.24) is 5.32 Å². The number of hydrogen-bond acceptors (Lipinski definition) is 8. The molecule has 1 aliphatic heterocycles. The summed E-state index contributed by atoms with van der Waals surface area (Å²) in [7, 11) is 2.76. The molecule has 1 heterocycles. The van der Waals surface area contributed by atoms with Crippen LogP contribution in [0, 0.1) is 11.6 Å². The molecule has 0 atom stereocenters. The van der Waals surface area contributed by atoms with Crippen LogP contribution in [-0.4, -0.2) is 97.8 Å². The molecule has 0 unspecified atom stereocenters. The van der Waals surface area contributed by atoms with E-state index in [1.165, 1.54) is 12.1 Å². The van der Waals surface area contributed by atoms with Gasteiger partial charge in [0.05, 0.1) is 44.2 Å². The Morgan fingerprint density at radius 1 is 0.642 bits per heavy atom. The molecule has 1 saturated heterocycles. The van der Waals surface area contributed by atoms with Gasteiger partial charge in [-0.1, -0.05) is 42.5 Å². The van der Waals surface area contributed by atoms with Gasteiger partial charge in [-0.3, -0.25) is 4.79 Å². The molecular formula is C53H70BF2N3O8. The predicted octanol–water partition coefficient (Wildman–Crippen LogP) is 8.69. The molecule has 1 amide bonds. The van der Waals surface area contributed by atoms with Gasteiger partial charge < -0.3 is 49.0 Å². The highest BCUT2D eigenvalue weighted by atomic mass is 19.1. The van der Waals surface area contributed by atoms with Crippen LogP contribution in [-0.2, 0) is 38.5 Å². The van der Waals surface area contributed by atoms with E-state index in [-0.39, 0.29) is 17.0 Å². The lowest BCUT2D eigenvalue weighted by Crippen LogP contribution is -2.62. The Hall–Kier alpha value is -4.57. The standard InChI is InChI=1S/C53H70BF2N3O8/c1-51(2)52(3,4)67-54(66-51)40-18-22-43-42-21-17-39(34-46(42)53(47(43)35-40,23-12-27-63-32-30-61-5)24-13-28-64-33-31-62-6)45-37-48(55)44(36-49(45)56)38-15-19-41(20-16-38)65-29-11-10-25-58-50(60)14-8-7-9-26-59-57/h15-22,34-37,59H,7-14,23-33H2,1-6H3,(H,58,60). The number of ether oxygens (including phenoxy) is 5. The van der Waals surface area contributed by atoms with Crippen LogP contribution in [0.3, 0.4) is 0 Å². The maximum Gasteiger partial charge on any atom is 0.494 e. The van der Waals surface area contributed by atoms with Gasteiger partial charge >= 0.3 is 7.12 Å². The van der Waals surface area contributed by atoms with Gasteiger partial charge in [-0.2, -0.15) is 0 Å². The van der Waals surface area contributed by atoms with Crippen molar-refractivity contribution in [2.45, 2.75) is 109 Å². The summed E-state index contributed by atoms with van der Waals surface area (Å²) in [5, 5.41) is 5.06. The second-order valence-electron chi connectivity index (χ2n) is 18.6. The fraction of sp³-hybridized carbons (Fsp3) is 0.528. The summed E-state index contributed by atoms with van der Waals surface area (Å²) in [5.41, 5.74) is 13.9. The van der Waals surface area contributed by atoms with E-state index < -0.39 is 35.4 Å². The molecule has 2 aliphatic rings. The number of halogens is 2. The van der Waals surface area contributed by atoms with E-state index in [9.17, 15) is 4.79 Å². The molecule has 0 aromatic heterocycles. The molecule has 0 spiro atoms. The van der Waals surface area contributed by atoms with E-state index in [1.807, 2.05) is 12.1 Å². The third-order valence-corrected chi connectivity index (χ3v) is 13.4. The van der Waals surface area contributed by atoms with Gasteiger partial charge in [0.25, 0.3) is 0 Å². The first kappa shape index (κ1) is 51.8. The van der Waals surface area contributed by atoms with E-state index in [4.69, 9.17) is 38.5 Å². The lowest BCUT2D eigenvalue weighted by molar-refractivity contribution is -0.481. The van der Waals surface area contributed by atoms with Crippen molar-refractivity contribution < 1.29 is 51.7 Å². The van der Waals surface area contributed by atoms with Crippen molar-refractivity contribution in [3.05, 3.63) is 101 Å². The number of rotatable bonds is 29. The Morgan fingerprint density at radius 3 is 1.84 bits per heavy atom. The third kappa shape index (κ3) is 13.2. The zero-order valence-electron chi connectivity index (χ0n) is 40.4. The van der Waals surface area contributed by atoms with Crippen molar-refractivity contribution in [1.29, 1.82) is 0 Å². The van der Waals surface area contributed by atoms with Crippen LogP contribution < -0.4 is 20.6 Å². The highest BCUT2D eigenvalue weighted by Crippen LogP contribution is 2.55. The highest BCUT2D eigenvalue weighted by Gasteiger charge is 2.52. The number of nitrogens with zero attached hydrogens (tertiary/aromatic N) is 1. The zero-order chi connectivity index (χ0) is 47.9. The van der Waals surface area contributed by atoms with Crippen LogP contribution in [0.4, 0.5) is 8.78 Å². The van der Waals surface area contributed by atoms with Crippen molar-refractivity contribution in [2.75, 3.05) is 73.6 Å². The summed E-state index contributed by atoms with van der Waals surface area (Å²) in [6.07, 6.45) is 7.47. The molecule has 2 N–H and O–H groups in total. The zero-order valence-corrected chi connectivity index (χ0v) is 40.4. The molecule has 1 aliphatic carbocycles. The summed E-state index contributed by atoms with van der Waals surface area (Å²) in [6, 6.07) is 22.0. The maximum atomic E-state index is 16.5. The van der Waals surface area contributed by atoms with Crippen LogP contribution >= 0.6 is 0 Å². The Bertz CT molecular complexity index is 2210. The van der Waals surface area contributed by atoms with Crippen LogP contribution in [0.25, 0.3) is 38.9 Å². The average Bonchev–Trinajstić information content (AvgIpc) is 3.71. The second kappa shape index (κ2) is 24.6. The Morgan fingerprint density at radius 2 is 1.22 bits per heavy atom. The Balaban J connectivity index is 1.21. The van der Waals surface area contributed by atoms with Crippen molar-refractivity contribution in [2.24, 2.45) is 0 Å². The number of amides is 1. The number of carbonyl (C=O) groups excluding carboxylic acids is 1. The van der Waals surface area contributed by atoms with E-state index in [1.54, 1.807) is 38.5 Å². The number of unbranched alkanes of at least 4 members (excludes halogenated alkanes) is 3. The fourth-order valence-corrected chi connectivity index (χ4v) is 9.03.